The molecule has 0 spiro atoms. The third kappa shape index (κ3) is 5.06. The topological polar surface area (TPSA) is 59.8 Å². The molecule has 2 aromatic carbocycles. The van der Waals surface area contributed by atoms with Crippen LogP contribution in [0, 0.1) is 13.8 Å². The van der Waals surface area contributed by atoms with E-state index in [1.807, 2.05) is 68.6 Å². The van der Waals surface area contributed by atoms with Crippen LogP contribution in [0.5, 0.6) is 0 Å². The molecule has 5 nitrogen and oxygen atoms in total. The number of anilines is 1. The van der Waals surface area contributed by atoms with Gasteiger partial charge in [-0.05, 0) is 49.4 Å². The van der Waals surface area contributed by atoms with Crippen LogP contribution in [-0.2, 0) is 11.3 Å². The van der Waals surface area contributed by atoms with Gasteiger partial charge in [0.2, 0.25) is 5.91 Å². The molecule has 31 heavy (non-hydrogen) atoms. The number of rotatable bonds is 7. The van der Waals surface area contributed by atoms with Crippen molar-refractivity contribution in [3.8, 4) is 10.7 Å². The summed E-state index contributed by atoms with van der Waals surface area (Å²) in [6.45, 7) is 6.59. The Morgan fingerprint density at radius 3 is 2.61 bits per heavy atom. The molecule has 1 atom stereocenters. The molecule has 0 bridgehead atoms. The largest absolute Gasteiger partial charge is 0.325 e. The molecule has 0 aliphatic heterocycles. The number of aromatic nitrogens is 3. The van der Waals surface area contributed by atoms with E-state index in [2.05, 4.69) is 38.3 Å². The van der Waals surface area contributed by atoms with Crippen molar-refractivity contribution in [3.63, 3.8) is 0 Å². The molecule has 0 saturated heterocycles. The van der Waals surface area contributed by atoms with Gasteiger partial charge in [0.25, 0.3) is 0 Å². The number of hydrogen-bond donors (Lipinski definition) is 1. The first-order valence-electron chi connectivity index (χ1n) is 10.1. The van der Waals surface area contributed by atoms with Crippen LogP contribution in [0.15, 0.2) is 71.2 Å². The van der Waals surface area contributed by atoms with Crippen molar-refractivity contribution in [2.45, 2.75) is 37.7 Å². The van der Waals surface area contributed by atoms with E-state index >= 15 is 0 Å². The zero-order valence-electron chi connectivity index (χ0n) is 17.7. The molecular weight excluding hydrogens is 424 g/mol. The van der Waals surface area contributed by atoms with E-state index in [0.717, 1.165) is 32.7 Å². The van der Waals surface area contributed by atoms with Crippen molar-refractivity contribution >= 4 is 34.7 Å². The molecule has 1 N–H and O–H groups in total. The Hall–Kier alpha value is -2.90. The Kier molecular flexibility index (Phi) is 6.53. The lowest BCUT2D eigenvalue weighted by molar-refractivity contribution is -0.115. The molecule has 1 amide bonds. The van der Waals surface area contributed by atoms with Gasteiger partial charge in [-0.15, -0.1) is 21.5 Å². The molecule has 0 aliphatic rings. The number of nitrogens with zero attached hydrogens (tertiary/aromatic N) is 3. The first-order chi connectivity index (χ1) is 15.0. The van der Waals surface area contributed by atoms with Crippen molar-refractivity contribution in [2.75, 3.05) is 5.32 Å². The van der Waals surface area contributed by atoms with E-state index in [-0.39, 0.29) is 11.2 Å². The first kappa shape index (κ1) is 21.3. The van der Waals surface area contributed by atoms with E-state index in [1.54, 1.807) is 11.3 Å². The third-order valence-electron chi connectivity index (χ3n) is 4.93. The molecule has 1 unspecified atom stereocenters. The molecule has 4 rings (SSSR count). The maximum atomic E-state index is 12.9. The Balaban J connectivity index is 1.56. The van der Waals surface area contributed by atoms with Gasteiger partial charge in [-0.1, -0.05) is 65.9 Å². The summed E-state index contributed by atoms with van der Waals surface area (Å²) >= 11 is 3.06. The summed E-state index contributed by atoms with van der Waals surface area (Å²) in [6, 6.07) is 20.3. The summed E-state index contributed by atoms with van der Waals surface area (Å²) in [5, 5.41) is 14.4. The van der Waals surface area contributed by atoms with Crippen molar-refractivity contribution in [1.82, 2.24) is 14.8 Å². The molecule has 158 valence electrons. The zero-order chi connectivity index (χ0) is 21.8. The minimum absolute atomic E-state index is 0.0520. The van der Waals surface area contributed by atoms with Crippen LogP contribution in [0.25, 0.3) is 10.7 Å². The fraction of sp³-hybridized carbons (Fsp3) is 0.208. The second-order valence-corrected chi connectivity index (χ2v) is 9.68. The van der Waals surface area contributed by atoms with Gasteiger partial charge in [0.05, 0.1) is 16.7 Å². The summed E-state index contributed by atoms with van der Waals surface area (Å²) in [4.78, 5) is 13.9. The van der Waals surface area contributed by atoms with E-state index in [4.69, 9.17) is 0 Å². The molecule has 2 heterocycles. The van der Waals surface area contributed by atoms with Crippen LogP contribution in [-0.4, -0.2) is 25.9 Å². The molecular formula is C24H24N4OS2. The number of hydrogen-bond acceptors (Lipinski definition) is 5. The highest BCUT2D eigenvalue weighted by Crippen LogP contribution is 2.30. The lowest BCUT2D eigenvalue weighted by atomic mass is 10.1. The minimum Gasteiger partial charge on any atom is -0.325 e. The Morgan fingerprint density at radius 1 is 1.10 bits per heavy atom. The fourth-order valence-electron chi connectivity index (χ4n) is 3.27. The SMILES string of the molecule is Cc1ccc(NC(=O)C(C)Sc2nnc(-c3cccs3)n2Cc2ccccc2)c(C)c1. The quantitative estimate of drug-likeness (QED) is 0.364. The van der Waals surface area contributed by atoms with Gasteiger partial charge in [-0.2, -0.15) is 0 Å². The van der Waals surface area contributed by atoms with Crippen LogP contribution in [0.3, 0.4) is 0 Å². The average molecular weight is 449 g/mol. The Bertz CT molecular complexity index is 1170. The lowest BCUT2D eigenvalue weighted by Crippen LogP contribution is -2.23. The van der Waals surface area contributed by atoms with Crippen molar-refractivity contribution in [3.05, 3.63) is 82.7 Å². The first-order valence-corrected chi connectivity index (χ1v) is 11.8. The summed E-state index contributed by atoms with van der Waals surface area (Å²) in [5.74, 6) is 0.771. The maximum absolute atomic E-state index is 12.9. The Labute approximate surface area is 190 Å². The van der Waals surface area contributed by atoms with Crippen LogP contribution in [0.2, 0.25) is 0 Å². The van der Waals surface area contributed by atoms with E-state index in [0.29, 0.717) is 6.54 Å². The summed E-state index contributed by atoms with van der Waals surface area (Å²) < 4.78 is 2.09. The zero-order valence-corrected chi connectivity index (χ0v) is 19.3. The predicted octanol–water partition coefficient (Wildman–Crippen LogP) is 5.79. The molecule has 4 aromatic rings. The maximum Gasteiger partial charge on any atom is 0.237 e. The normalized spacial score (nSPS) is 12.0. The van der Waals surface area contributed by atoms with E-state index in [1.165, 1.54) is 17.3 Å². The van der Waals surface area contributed by atoms with Crippen LogP contribution in [0.4, 0.5) is 5.69 Å². The van der Waals surface area contributed by atoms with Crippen LogP contribution >= 0.6 is 23.1 Å². The van der Waals surface area contributed by atoms with Gasteiger partial charge in [-0.3, -0.25) is 9.36 Å². The van der Waals surface area contributed by atoms with Gasteiger partial charge >= 0.3 is 0 Å². The number of carbonyl (C=O) groups excluding carboxylic acids is 1. The number of amides is 1. The smallest absolute Gasteiger partial charge is 0.237 e. The summed E-state index contributed by atoms with van der Waals surface area (Å²) in [5.41, 5.74) is 4.23. The van der Waals surface area contributed by atoms with Crippen molar-refractivity contribution in [1.29, 1.82) is 0 Å². The highest BCUT2D eigenvalue weighted by molar-refractivity contribution is 8.00. The number of benzene rings is 2. The number of carbonyl (C=O) groups is 1. The number of aryl methyl sites for hydroxylation is 2. The van der Waals surface area contributed by atoms with Gasteiger partial charge in [0.15, 0.2) is 11.0 Å². The number of thioether (sulfide) groups is 1. The fourth-order valence-corrected chi connectivity index (χ4v) is 4.84. The summed E-state index contributed by atoms with van der Waals surface area (Å²) in [6.07, 6.45) is 0. The molecule has 7 heteroatoms. The van der Waals surface area contributed by atoms with Gasteiger partial charge < -0.3 is 5.32 Å². The lowest BCUT2D eigenvalue weighted by Gasteiger charge is -2.15. The van der Waals surface area contributed by atoms with E-state index in [9.17, 15) is 4.79 Å². The van der Waals surface area contributed by atoms with Crippen LogP contribution in [0.1, 0.15) is 23.6 Å². The predicted molar refractivity (Wildman–Crippen MR) is 129 cm³/mol. The molecule has 0 radical (unpaired) electrons. The monoisotopic (exact) mass is 448 g/mol. The molecule has 2 aromatic heterocycles. The standard InChI is InChI=1S/C24H24N4OS2/c1-16-11-12-20(17(2)14-16)25-23(29)18(3)31-24-27-26-22(21-10-7-13-30-21)28(24)15-19-8-5-4-6-9-19/h4-14,18H,15H2,1-3H3,(H,25,29). The second-order valence-electron chi connectivity index (χ2n) is 7.42. The van der Waals surface area contributed by atoms with E-state index < -0.39 is 0 Å². The van der Waals surface area contributed by atoms with Gasteiger partial charge in [0.1, 0.15) is 0 Å². The van der Waals surface area contributed by atoms with Crippen molar-refractivity contribution < 1.29 is 4.79 Å². The summed E-state index contributed by atoms with van der Waals surface area (Å²) in [7, 11) is 0. The second kappa shape index (κ2) is 9.49. The molecule has 0 saturated carbocycles. The highest BCUT2D eigenvalue weighted by Gasteiger charge is 2.22. The molecule has 0 aliphatic carbocycles. The molecule has 0 fully saturated rings. The number of thiophene rings is 1. The Morgan fingerprint density at radius 2 is 1.90 bits per heavy atom. The minimum atomic E-state index is -0.324. The van der Waals surface area contributed by atoms with Crippen LogP contribution < -0.4 is 5.32 Å². The average Bonchev–Trinajstić information content (AvgIpc) is 3.41. The van der Waals surface area contributed by atoms with Crippen molar-refractivity contribution in [2.24, 2.45) is 0 Å². The third-order valence-corrected chi connectivity index (χ3v) is 6.88. The van der Waals surface area contributed by atoms with Gasteiger partial charge in [0, 0.05) is 5.69 Å². The highest BCUT2D eigenvalue weighted by atomic mass is 32.2. The number of nitrogens with one attached hydrogen (secondary N) is 1. The van der Waals surface area contributed by atoms with Gasteiger partial charge in [-0.25, -0.2) is 0 Å².